The SMILES string of the molecule is CC(C)c1nn(CC(=O)NC2CC(C)(C)C2)c(=O)cc1-c1ccc(I)cc1. The summed E-state index contributed by atoms with van der Waals surface area (Å²) >= 11 is 2.26. The van der Waals surface area contributed by atoms with Crippen molar-refractivity contribution in [3.05, 3.63) is 49.9 Å². The molecular weight excluding hydrogens is 453 g/mol. The van der Waals surface area contributed by atoms with E-state index in [1.54, 1.807) is 6.07 Å². The van der Waals surface area contributed by atoms with Crippen molar-refractivity contribution in [2.75, 3.05) is 0 Å². The summed E-state index contributed by atoms with van der Waals surface area (Å²) in [6.45, 7) is 8.44. The van der Waals surface area contributed by atoms with Crippen LogP contribution < -0.4 is 10.9 Å². The number of hydrogen-bond acceptors (Lipinski definition) is 3. The molecular formula is C21H26IN3O2. The fraction of sp³-hybridized carbons (Fsp3) is 0.476. The maximum atomic E-state index is 12.6. The van der Waals surface area contributed by atoms with E-state index >= 15 is 0 Å². The molecule has 27 heavy (non-hydrogen) atoms. The first kappa shape index (κ1) is 20.0. The number of carbonyl (C=O) groups is 1. The van der Waals surface area contributed by atoms with E-state index in [4.69, 9.17) is 0 Å². The Morgan fingerprint density at radius 3 is 2.48 bits per heavy atom. The van der Waals surface area contributed by atoms with Gasteiger partial charge < -0.3 is 5.32 Å². The van der Waals surface area contributed by atoms with Crippen molar-refractivity contribution in [1.82, 2.24) is 15.1 Å². The number of benzene rings is 1. The van der Waals surface area contributed by atoms with Crippen LogP contribution in [0.2, 0.25) is 0 Å². The van der Waals surface area contributed by atoms with Gasteiger partial charge >= 0.3 is 0 Å². The zero-order chi connectivity index (χ0) is 19.8. The highest BCUT2D eigenvalue weighted by Crippen LogP contribution is 2.39. The van der Waals surface area contributed by atoms with Crippen molar-refractivity contribution in [3.8, 4) is 11.1 Å². The fourth-order valence-electron chi connectivity index (χ4n) is 3.69. The summed E-state index contributed by atoms with van der Waals surface area (Å²) in [4.78, 5) is 24.9. The number of nitrogens with zero attached hydrogens (tertiary/aromatic N) is 2. The molecule has 0 bridgehead atoms. The molecule has 0 spiro atoms. The summed E-state index contributed by atoms with van der Waals surface area (Å²) in [5.41, 5.74) is 2.68. The second-order valence-electron chi connectivity index (χ2n) is 8.44. The van der Waals surface area contributed by atoms with E-state index in [2.05, 4.69) is 46.9 Å². The summed E-state index contributed by atoms with van der Waals surface area (Å²) < 4.78 is 2.42. The van der Waals surface area contributed by atoms with Gasteiger partial charge in [0.25, 0.3) is 5.56 Å². The zero-order valence-electron chi connectivity index (χ0n) is 16.3. The molecule has 0 atom stereocenters. The Morgan fingerprint density at radius 1 is 1.30 bits per heavy atom. The third-order valence-electron chi connectivity index (χ3n) is 4.99. The molecule has 1 amide bonds. The van der Waals surface area contributed by atoms with Crippen molar-refractivity contribution in [2.24, 2.45) is 5.41 Å². The lowest BCUT2D eigenvalue weighted by Gasteiger charge is -2.42. The average Bonchev–Trinajstić information content (AvgIpc) is 2.55. The predicted octanol–water partition coefficient (Wildman–Crippen LogP) is 3.94. The quantitative estimate of drug-likeness (QED) is 0.661. The van der Waals surface area contributed by atoms with Gasteiger partial charge in [0.15, 0.2) is 0 Å². The second kappa shape index (κ2) is 7.73. The molecule has 5 nitrogen and oxygen atoms in total. The molecule has 1 aromatic carbocycles. The largest absolute Gasteiger partial charge is 0.352 e. The smallest absolute Gasteiger partial charge is 0.267 e. The van der Waals surface area contributed by atoms with Gasteiger partial charge in [-0.15, -0.1) is 0 Å². The van der Waals surface area contributed by atoms with Gasteiger partial charge in [-0.2, -0.15) is 5.10 Å². The van der Waals surface area contributed by atoms with E-state index in [1.165, 1.54) is 4.68 Å². The number of nitrogens with one attached hydrogen (secondary N) is 1. The Labute approximate surface area is 173 Å². The molecule has 1 heterocycles. The first-order valence-corrected chi connectivity index (χ1v) is 10.4. The van der Waals surface area contributed by atoms with Crippen LogP contribution in [-0.2, 0) is 11.3 Å². The van der Waals surface area contributed by atoms with E-state index in [-0.39, 0.29) is 30.0 Å². The maximum absolute atomic E-state index is 12.6. The van der Waals surface area contributed by atoms with Crippen molar-refractivity contribution >= 4 is 28.5 Å². The van der Waals surface area contributed by atoms with Gasteiger partial charge in [0.1, 0.15) is 6.54 Å². The van der Waals surface area contributed by atoms with Gasteiger partial charge in [-0.1, -0.05) is 39.8 Å². The van der Waals surface area contributed by atoms with Crippen LogP contribution in [0.15, 0.2) is 35.1 Å². The van der Waals surface area contributed by atoms with Gasteiger partial charge in [0.2, 0.25) is 5.91 Å². The molecule has 0 aliphatic heterocycles. The molecule has 144 valence electrons. The topological polar surface area (TPSA) is 64.0 Å². The minimum Gasteiger partial charge on any atom is -0.352 e. The Hall–Kier alpha value is -1.70. The Bertz CT molecular complexity index is 893. The molecule has 0 unspecified atom stereocenters. The van der Waals surface area contributed by atoms with Crippen LogP contribution in [0.3, 0.4) is 0 Å². The number of rotatable bonds is 5. The molecule has 1 aromatic heterocycles. The summed E-state index contributed by atoms with van der Waals surface area (Å²) in [7, 11) is 0. The first-order chi connectivity index (χ1) is 12.6. The lowest BCUT2D eigenvalue weighted by Crippen LogP contribution is -2.49. The minimum atomic E-state index is -0.253. The lowest BCUT2D eigenvalue weighted by molar-refractivity contribution is -0.124. The molecule has 6 heteroatoms. The molecule has 1 aliphatic carbocycles. The van der Waals surface area contributed by atoms with Crippen LogP contribution >= 0.6 is 22.6 Å². The highest BCUT2D eigenvalue weighted by Gasteiger charge is 2.36. The number of carbonyl (C=O) groups excluding carboxylic acids is 1. The number of amides is 1. The Kier molecular flexibility index (Phi) is 5.74. The molecule has 1 N–H and O–H groups in total. The zero-order valence-corrected chi connectivity index (χ0v) is 18.4. The monoisotopic (exact) mass is 479 g/mol. The van der Waals surface area contributed by atoms with E-state index in [1.807, 2.05) is 38.1 Å². The van der Waals surface area contributed by atoms with Crippen LogP contribution in [0.1, 0.15) is 52.1 Å². The van der Waals surface area contributed by atoms with Crippen LogP contribution in [-0.4, -0.2) is 21.7 Å². The number of hydrogen-bond donors (Lipinski definition) is 1. The van der Waals surface area contributed by atoms with E-state index in [0.29, 0.717) is 5.41 Å². The van der Waals surface area contributed by atoms with Crippen molar-refractivity contribution in [3.63, 3.8) is 0 Å². The summed E-state index contributed by atoms with van der Waals surface area (Å²) in [6, 6.07) is 9.83. The minimum absolute atomic E-state index is 0.0392. The fourth-order valence-corrected chi connectivity index (χ4v) is 4.05. The van der Waals surface area contributed by atoms with E-state index in [9.17, 15) is 9.59 Å². The van der Waals surface area contributed by atoms with Crippen LogP contribution in [0, 0.1) is 8.99 Å². The average molecular weight is 479 g/mol. The summed E-state index contributed by atoms with van der Waals surface area (Å²) in [5, 5.41) is 7.54. The highest BCUT2D eigenvalue weighted by atomic mass is 127. The van der Waals surface area contributed by atoms with Crippen LogP contribution in [0.4, 0.5) is 0 Å². The summed E-state index contributed by atoms with van der Waals surface area (Å²) in [6.07, 6.45) is 1.95. The predicted molar refractivity (Wildman–Crippen MR) is 116 cm³/mol. The Balaban J connectivity index is 1.82. The van der Waals surface area contributed by atoms with Crippen molar-refractivity contribution in [1.29, 1.82) is 0 Å². The number of halogens is 1. The molecule has 3 rings (SSSR count). The maximum Gasteiger partial charge on any atom is 0.267 e. The molecule has 1 aliphatic rings. The van der Waals surface area contributed by atoms with E-state index < -0.39 is 0 Å². The van der Waals surface area contributed by atoms with Gasteiger partial charge in [-0.05, 0) is 64.5 Å². The number of aromatic nitrogens is 2. The lowest BCUT2D eigenvalue weighted by atomic mass is 9.68. The van der Waals surface area contributed by atoms with Crippen molar-refractivity contribution < 1.29 is 4.79 Å². The molecule has 1 fully saturated rings. The standard InChI is InChI=1S/C21H26IN3O2/c1-13(2)20-17(14-5-7-15(22)8-6-14)9-19(27)25(24-20)12-18(26)23-16-10-21(3,4)11-16/h5-9,13,16H,10-12H2,1-4H3,(H,23,26). The van der Waals surface area contributed by atoms with Gasteiger partial charge in [0, 0.05) is 21.2 Å². The van der Waals surface area contributed by atoms with Gasteiger partial charge in [-0.3, -0.25) is 9.59 Å². The molecule has 2 aromatic rings. The van der Waals surface area contributed by atoms with Crippen molar-refractivity contribution in [2.45, 2.75) is 59.0 Å². The third kappa shape index (κ3) is 4.78. The third-order valence-corrected chi connectivity index (χ3v) is 5.70. The highest BCUT2D eigenvalue weighted by molar-refractivity contribution is 14.1. The molecule has 0 saturated heterocycles. The molecule has 1 saturated carbocycles. The normalized spacial score (nSPS) is 16.2. The first-order valence-electron chi connectivity index (χ1n) is 9.32. The van der Waals surface area contributed by atoms with Gasteiger partial charge in [0.05, 0.1) is 5.69 Å². The summed E-state index contributed by atoms with van der Waals surface area (Å²) in [5.74, 6) is -0.0107. The second-order valence-corrected chi connectivity index (χ2v) is 9.68. The Morgan fingerprint density at radius 2 is 1.93 bits per heavy atom. The van der Waals surface area contributed by atoms with Gasteiger partial charge in [-0.25, -0.2) is 4.68 Å². The molecule has 0 radical (unpaired) electrons. The van der Waals surface area contributed by atoms with Crippen LogP contribution in [0.5, 0.6) is 0 Å². The van der Waals surface area contributed by atoms with Crippen LogP contribution in [0.25, 0.3) is 11.1 Å². The van der Waals surface area contributed by atoms with E-state index in [0.717, 1.165) is 33.2 Å².